The molecule has 3 heterocycles. The van der Waals surface area contributed by atoms with Crippen LogP contribution < -0.4 is 9.47 Å². The predicted molar refractivity (Wildman–Crippen MR) is 105 cm³/mol. The molecule has 7 heteroatoms. The molecule has 0 N–H and O–H groups in total. The van der Waals surface area contributed by atoms with Crippen molar-refractivity contribution in [2.75, 3.05) is 20.2 Å². The molecule has 2 aromatic heterocycles. The number of benzene rings is 1. The number of likely N-dealkylation sites (tertiary alicyclic amines) is 1. The molecule has 146 valence electrons. The van der Waals surface area contributed by atoms with Gasteiger partial charge in [0.1, 0.15) is 6.10 Å². The maximum Gasteiger partial charge on any atom is 0.278 e. The van der Waals surface area contributed by atoms with E-state index < -0.39 is 0 Å². The van der Waals surface area contributed by atoms with Crippen LogP contribution in [0.1, 0.15) is 18.4 Å². The van der Waals surface area contributed by atoms with E-state index in [0.29, 0.717) is 24.7 Å². The minimum atomic E-state index is -0.115. The first-order valence-corrected chi connectivity index (χ1v) is 9.48. The number of hydrogen-bond acceptors (Lipinski definition) is 5. The molecule has 1 amide bonds. The number of hydrogen-bond donors (Lipinski definition) is 0. The van der Waals surface area contributed by atoms with Gasteiger partial charge in [-0.25, -0.2) is 9.97 Å². The van der Waals surface area contributed by atoms with Crippen LogP contribution in [0.5, 0.6) is 11.8 Å². The molecular weight excluding hydrogens is 356 g/mol. The summed E-state index contributed by atoms with van der Waals surface area (Å²) >= 11 is 0. The molecule has 1 saturated heterocycles. The van der Waals surface area contributed by atoms with Crippen molar-refractivity contribution in [1.29, 1.82) is 0 Å². The summed E-state index contributed by atoms with van der Waals surface area (Å²) < 4.78 is 13.3. The second kappa shape index (κ2) is 7.88. The molecule has 7 nitrogen and oxygen atoms in total. The highest BCUT2D eigenvalue weighted by molar-refractivity contribution is 5.89. The van der Waals surface area contributed by atoms with Gasteiger partial charge in [0, 0.05) is 43.1 Å². The van der Waals surface area contributed by atoms with Gasteiger partial charge in [0.15, 0.2) is 0 Å². The van der Waals surface area contributed by atoms with Crippen LogP contribution in [0.4, 0.5) is 0 Å². The lowest BCUT2D eigenvalue weighted by Crippen LogP contribution is -2.45. The van der Waals surface area contributed by atoms with Crippen molar-refractivity contribution in [3.05, 3.63) is 48.4 Å². The van der Waals surface area contributed by atoms with E-state index in [1.54, 1.807) is 12.4 Å². The fourth-order valence-corrected chi connectivity index (χ4v) is 3.79. The Morgan fingerprint density at radius 2 is 2.00 bits per heavy atom. The molecule has 1 atom stereocenters. The number of aromatic nitrogens is 3. The van der Waals surface area contributed by atoms with Gasteiger partial charge in [-0.3, -0.25) is 4.79 Å². The van der Waals surface area contributed by atoms with Gasteiger partial charge in [0.2, 0.25) is 5.91 Å². The Hall–Kier alpha value is -3.09. The predicted octanol–water partition coefficient (Wildman–Crippen LogP) is 2.59. The van der Waals surface area contributed by atoms with Crippen molar-refractivity contribution in [3.63, 3.8) is 0 Å². The first kappa shape index (κ1) is 18.3. The Bertz CT molecular complexity index is 985. The molecule has 1 unspecified atom stereocenters. The highest BCUT2D eigenvalue weighted by Crippen LogP contribution is 2.25. The zero-order valence-corrected chi connectivity index (χ0v) is 16.2. The molecule has 1 aromatic carbocycles. The fourth-order valence-electron chi connectivity index (χ4n) is 3.79. The van der Waals surface area contributed by atoms with Crippen LogP contribution in [0.3, 0.4) is 0 Å². The lowest BCUT2D eigenvalue weighted by Gasteiger charge is -2.32. The second-order valence-electron chi connectivity index (χ2n) is 7.05. The first-order chi connectivity index (χ1) is 13.7. The van der Waals surface area contributed by atoms with Gasteiger partial charge < -0.3 is 18.9 Å². The SMILES string of the molecule is COc1nccnc1OC1CCCN(C(=O)Cc2cn(C)c3ccccc23)C1. The van der Waals surface area contributed by atoms with E-state index in [9.17, 15) is 4.79 Å². The van der Waals surface area contributed by atoms with Crippen LogP contribution in [-0.2, 0) is 18.3 Å². The van der Waals surface area contributed by atoms with Crippen molar-refractivity contribution in [2.24, 2.45) is 7.05 Å². The number of amides is 1. The quantitative estimate of drug-likeness (QED) is 0.680. The van der Waals surface area contributed by atoms with E-state index in [-0.39, 0.29) is 12.0 Å². The summed E-state index contributed by atoms with van der Waals surface area (Å²) in [7, 11) is 3.55. The van der Waals surface area contributed by atoms with E-state index in [0.717, 1.165) is 35.9 Å². The van der Waals surface area contributed by atoms with E-state index in [4.69, 9.17) is 9.47 Å². The monoisotopic (exact) mass is 380 g/mol. The fraction of sp³-hybridized carbons (Fsp3) is 0.381. The number of nitrogens with zero attached hydrogens (tertiary/aromatic N) is 4. The molecule has 28 heavy (non-hydrogen) atoms. The lowest BCUT2D eigenvalue weighted by atomic mass is 10.1. The van der Waals surface area contributed by atoms with Gasteiger partial charge in [-0.2, -0.15) is 0 Å². The third-order valence-electron chi connectivity index (χ3n) is 5.16. The lowest BCUT2D eigenvalue weighted by molar-refractivity contribution is -0.133. The number of aryl methyl sites for hydroxylation is 1. The topological polar surface area (TPSA) is 69.5 Å². The zero-order chi connectivity index (χ0) is 19.5. The molecule has 3 aromatic rings. The summed E-state index contributed by atoms with van der Waals surface area (Å²) in [5.74, 6) is 0.857. The number of ether oxygens (including phenoxy) is 2. The number of methoxy groups -OCH3 is 1. The first-order valence-electron chi connectivity index (χ1n) is 9.48. The Morgan fingerprint density at radius 3 is 2.82 bits per heavy atom. The van der Waals surface area contributed by atoms with Crippen molar-refractivity contribution in [3.8, 4) is 11.8 Å². The summed E-state index contributed by atoms with van der Waals surface area (Å²) in [4.78, 5) is 23.2. The maximum absolute atomic E-state index is 13.0. The Labute approximate surface area is 163 Å². The van der Waals surface area contributed by atoms with E-state index >= 15 is 0 Å². The largest absolute Gasteiger partial charge is 0.477 e. The smallest absolute Gasteiger partial charge is 0.278 e. The van der Waals surface area contributed by atoms with Gasteiger partial charge in [-0.05, 0) is 24.5 Å². The number of fused-ring (bicyclic) bond motifs is 1. The molecule has 0 aliphatic carbocycles. The number of carbonyl (C=O) groups excluding carboxylic acids is 1. The highest BCUT2D eigenvalue weighted by atomic mass is 16.5. The average molecular weight is 380 g/mol. The van der Waals surface area contributed by atoms with E-state index in [2.05, 4.69) is 26.7 Å². The molecule has 1 fully saturated rings. The molecule has 0 spiro atoms. The van der Waals surface area contributed by atoms with Crippen LogP contribution in [0.2, 0.25) is 0 Å². The molecule has 1 aliphatic heterocycles. The summed E-state index contributed by atoms with van der Waals surface area (Å²) in [6.07, 6.45) is 7.23. The summed E-state index contributed by atoms with van der Waals surface area (Å²) in [5.41, 5.74) is 2.20. The molecular formula is C21H24N4O3. The van der Waals surface area contributed by atoms with Crippen molar-refractivity contribution in [1.82, 2.24) is 19.4 Å². The third-order valence-corrected chi connectivity index (χ3v) is 5.16. The minimum Gasteiger partial charge on any atom is -0.477 e. The molecule has 4 rings (SSSR count). The van der Waals surface area contributed by atoms with Crippen LogP contribution >= 0.6 is 0 Å². The summed E-state index contributed by atoms with van der Waals surface area (Å²) in [6.45, 7) is 1.30. The van der Waals surface area contributed by atoms with E-state index in [1.807, 2.05) is 30.3 Å². The Kier molecular flexibility index (Phi) is 5.14. The standard InChI is InChI=1S/C21H24N4O3/c1-24-13-15(17-7-3-4-8-18(17)24)12-19(26)25-11-5-6-16(14-25)28-21-20(27-2)22-9-10-23-21/h3-4,7-10,13,16H,5-6,11-12,14H2,1-2H3. The van der Waals surface area contributed by atoms with Crippen molar-refractivity contribution >= 4 is 16.8 Å². The van der Waals surface area contributed by atoms with Gasteiger partial charge in [-0.15, -0.1) is 0 Å². The molecule has 0 bridgehead atoms. The van der Waals surface area contributed by atoms with Crippen LogP contribution in [0, 0.1) is 0 Å². The number of carbonyl (C=O) groups is 1. The molecule has 0 saturated carbocycles. The normalized spacial score (nSPS) is 16.9. The van der Waals surface area contributed by atoms with Crippen LogP contribution in [-0.4, -0.2) is 51.6 Å². The molecule has 1 aliphatic rings. The number of rotatable bonds is 5. The number of para-hydroxylation sites is 1. The van der Waals surface area contributed by atoms with Gasteiger partial charge in [0.05, 0.1) is 20.1 Å². The minimum absolute atomic E-state index is 0.115. The maximum atomic E-state index is 13.0. The van der Waals surface area contributed by atoms with E-state index in [1.165, 1.54) is 7.11 Å². The average Bonchev–Trinajstić information content (AvgIpc) is 3.04. The summed E-state index contributed by atoms with van der Waals surface area (Å²) in [5, 5.41) is 1.13. The van der Waals surface area contributed by atoms with Gasteiger partial charge in [-0.1, -0.05) is 18.2 Å². The zero-order valence-electron chi connectivity index (χ0n) is 16.2. The van der Waals surface area contributed by atoms with Crippen LogP contribution in [0.25, 0.3) is 10.9 Å². The Morgan fingerprint density at radius 1 is 1.21 bits per heavy atom. The molecule has 0 radical (unpaired) electrons. The Balaban J connectivity index is 1.44. The van der Waals surface area contributed by atoms with Crippen LogP contribution in [0.15, 0.2) is 42.9 Å². The third kappa shape index (κ3) is 3.65. The van der Waals surface area contributed by atoms with Crippen molar-refractivity contribution in [2.45, 2.75) is 25.4 Å². The summed E-state index contributed by atoms with van der Waals surface area (Å²) in [6, 6.07) is 8.17. The number of piperidine rings is 1. The van der Waals surface area contributed by atoms with Crippen molar-refractivity contribution < 1.29 is 14.3 Å². The highest BCUT2D eigenvalue weighted by Gasteiger charge is 2.26. The van der Waals surface area contributed by atoms with Gasteiger partial charge in [0.25, 0.3) is 11.8 Å². The van der Waals surface area contributed by atoms with Gasteiger partial charge >= 0.3 is 0 Å². The second-order valence-corrected chi connectivity index (χ2v) is 7.05.